The van der Waals surface area contributed by atoms with E-state index in [1.54, 1.807) is 12.1 Å². The second-order valence-corrected chi connectivity index (χ2v) is 4.81. The van der Waals surface area contributed by atoms with Crippen LogP contribution in [0.4, 0.5) is 11.5 Å². The van der Waals surface area contributed by atoms with Gasteiger partial charge < -0.3 is 21.2 Å². The Balaban J connectivity index is 2.29. The summed E-state index contributed by atoms with van der Waals surface area (Å²) < 4.78 is 5.40. The summed E-state index contributed by atoms with van der Waals surface area (Å²) in [6.45, 7) is 2.45. The normalized spacial score (nSPS) is 10.4. The van der Waals surface area contributed by atoms with Crippen LogP contribution in [-0.4, -0.2) is 16.6 Å². The number of nitrogens with one attached hydrogen (secondary N) is 1. The molecule has 0 spiro atoms. The number of nitrogens with two attached hydrogens (primary N) is 2. The number of anilines is 2. The van der Waals surface area contributed by atoms with Gasteiger partial charge in [-0.1, -0.05) is 11.8 Å². The van der Waals surface area contributed by atoms with Gasteiger partial charge in [-0.3, -0.25) is 4.79 Å². The van der Waals surface area contributed by atoms with Gasteiger partial charge in [0.2, 0.25) is 0 Å². The maximum atomic E-state index is 11.3. The molecule has 0 unspecified atom stereocenters. The smallest absolute Gasteiger partial charge is 0.253 e. The highest BCUT2D eigenvalue weighted by Crippen LogP contribution is 2.30. The number of nitrogens with zero attached hydrogens (tertiary/aromatic N) is 1. The van der Waals surface area contributed by atoms with E-state index >= 15 is 0 Å². The van der Waals surface area contributed by atoms with E-state index in [9.17, 15) is 4.79 Å². The lowest BCUT2D eigenvalue weighted by molar-refractivity contribution is 0.339. The molecule has 0 fully saturated rings. The van der Waals surface area contributed by atoms with Crippen LogP contribution in [0.5, 0.6) is 5.75 Å². The van der Waals surface area contributed by atoms with E-state index in [1.165, 1.54) is 17.8 Å². The Kier molecular flexibility index (Phi) is 3.96. The number of aromatic nitrogens is 2. The molecule has 100 valence electrons. The van der Waals surface area contributed by atoms with Crippen molar-refractivity contribution >= 4 is 23.3 Å². The third-order valence-electron chi connectivity index (χ3n) is 2.17. The first-order chi connectivity index (χ1) is 9.06. The molecule has 2 aromatic rings. The number of H-pyrrole nitrogens is 1. The van der Waals surface area contributed by atoms with Crippen molar-refractivity contribution < 1.29 is 4.74 Å². The Morgan fingerprint density at radius 1 is 1.32 bits per heavy atom. The minimum Gasteiger partial charge on any atom is -0.494 e. The number of ether oxygens (including phenoxy) is 1. The first-order valence-corrected chi connectivity index (χ1v) is 6.46. The van der Waals surface area contributed by atoms with E-state index in [0.29, 0.717) is 23.2 Å². The average molecular weight is 278 g/mol. The molecule has 0 aliphatic rings. The van der Waals surface area contributed by atoms with Crippen molar-refractivity contribution in [1.82, 2.24) is 9.97 Å². The number of rotatable bonds is 4. The lowest BCUT2D eigenvalue weighted by Gasteiger charge is -2.07. The van der Waals surface area contributed by atoms with Crippen LogP contribution in [0.3, 0.4) is 0 Å². The fourth-order valence-electron chi connectivity index (χ4n) is 1.52. The number of hydrogen-bond donors (Lipinski definition) is 3. The highest BCUT2D eigenvalue weighted by molar-refractivity contribution is 7.99. The van der Waals surface area contributed by atoms with E-state index in [-0.39, 0.29) is 11.4 Å². The quantitative estimate of drug-likeness (QED) is 0.577. The molecular weight excluding hydrogens is 264 g/mol. The summed E-state index contributed by atoms with van der Waals surface area (Å²) in [5.74, 6) is 0.858. The van der Waals surface area contributed by atoms with Gasteiger partial charge in [0.05, 0.1) is 6.61 Å². The predicted molar refractivity (Wildman–Crippen MR) is 75.4 cm³/mol. The molecule has 0 saturated carbocycles. The van der Waals surface area contributed by atoms with Crippen LogP contribution in [0.1, 0.15) is 6.92 Å². The second kappa shape index (κ2) is 5.66. The molecule has 0 amide bonds. The van der Waals surface area contributed by atoms with Gasteiger partial charge in [-0.2, -0.15) is 0 Å². The van der Waals surface area contributed by atoms with Crippen LogP contribution < -0.4 is 21.8 Å². The highest BCUT2D eigenvalue weighted by Gasteiger charge is 2.05. The van der Waals surface area contributed by atoms with Gasteiger partial charge in [-0.25, -0.2) is 4.98 Å². The van der Waals surface area contributed by atoms with E-state index in [1.807, 2.05) is 13.0 Å². The van der Waals surface area contributed by atoms with Crippen molar-refractivity contribution in [2.24, 2.45) is 0 Å². The van der Waals surface area contributed by atoms with Crippen molar-refractivity contribution in [3.8, 4) is 5.75 Å². The maximum Gasteiger partial charge on any atom is 0.253 e. The van der Waals surface area contributed by atoms with Crippen LogP contribution in [0.25, 0.3) is 0 Å². The third kappa shape index (κ3) is 3.65. The standard InChI is InChI=1S/C12H14N4O2S/c1-2-18-8-3-7(13)4-9(5-8)19-12-15-10(14)6-11(17)16-12/h3-6H,2,13H2,1H3,(H3,14,15,16,17). The van der Waals surface area contributed by atoms with E-state index in [0.717, 1.165) is 4.90 Å². The van der Waals surface area contributed by atoms with Crippen LogP contribution in [-0.2, 0) is 0 Å². The van der Waals surface area contributed by atoms with E-state index in [4.69, 9.17) is 16.2 Å². The molecular formula is C12H14N4O2S. The maximum absolute atomic E-state index is 11.3. The van der Waals surface area contributed by atoms with Crippen molar-refractivity contribution in [3.63, 3.8) is 0 Å². The lowest BCUT2D eigenvalue weighted by Crippen LogP contribution is -2.09. The highest BCUT2D eigenvalue weighted by atomic mass is 32.2. The summed E-state index contributed by atoms with van der Waals surface area (Å²) in [4.78, 5) is 18.8. The molecule has 0 aliphatic heterocycles. The molecule has 0 aliphatic carbocycles. The zero-order valence-corrected chi connectivity index (χ0v) is 11.2. The van der Waals surface area contributed by atoms with Gasteiger partial charge in [-0.05, 0) is 19.1 Å². The van der Waals surface area contributed by atoms with Crippen LogP contribution in [0, 0.1) is 0 Å². The lowest BCUT2D eigenvalue weighted by atomic mass is 10.3. The number of hydrogen-bond acceptors (Lipinski definition) is 6. The molecule has 2 rings (SSSR count). The Hall–Kier alpha value is -2.15. The second-order valence-electron chi connectivity index (χ2n) is 3.75. The summed E-state index contributed by atoms with van der Waals surface area (Å²) in [6, 6.07) is 6.57. The fraction of sp³-hybridized carbons (Fsp3) is 0.167. The Morgan fingerprint density at radius 2 is 2.11 bits per heavy atom. The Bertz CT molecular complexity index is 642. The molecule has 19 heavy (non-hydrogen) atoms. The van der Waals surface area contributed by atoms with Crippen LogP contribution in [0.15, 0.2) is 39.1 Å². The molecule has 1 aromatic carbocycles. The average Bonchev–Trinajstić information content (AvgIpc) is 2.26. The molecule has 6 nitrogen and oxygen atoms in total. The SMILES string of the molecule is CCOc1cc(N)cc(Sc2nc(N)cc(=O)[nH]2)c1. The van der Waals surface area contributed by atoms with Crippen LogP contribution in [0.2, 0.25) is 0 Å². The molecule has 0 radical (unpaired) electrons. The molecule has 1 aromatic heterocycles. The molecule has 5 N–H and O–H groups in total. The first kappa shape index (κ1) is 13.3. The van der Waals surface area contributed by atoms with Crippen molar-refractivity contribution in [2.75, 3.05) is 18.1 Å². The van der Waals surface area contributed by atoms with Gasteiger partial charge >= 0.3 is 0 Å². The zero-order valence-electron chi connectivity index (χ0n) is 10.3. The largest absolute Gasteiger partial charge is 0.494 e. The summed E-state index contributed by atoms with van der Waals surface area (Å²) in [5.41, 5.74) is 11.6. The van der Waals surface area contributed by atoms with Gasteiger partial charge in [0.1, 0.15) is 11.6 Å². The van der Waals surface area contributed by atoms with Gasteiger partial charge in [0.25, 0.3) is 5.56 Å². The summed E-state index contributed by atoms with van der Waals surface area (Å²) >= 11 is 1.26. The minimum absolute atomic E-state index is 0.181. The summed E-state index contributed by atoms with van der Waals surface area (Å²) in [7, 11) is 0. The first-order valence-electron chi connectivity index (χ1n) is 5.65. The van der Waals surface area contributed by atoms with Crippen molar-refractivity contribution in [3.05, 3.63) is 34.6 Å². The summed E-state index contributed by atoms with van der Waals surface area (Å²) in [5, 5.41) is 0.415. The molecule has 7 heteroatoms. The van der Waals surface area contributed by atoms with Gasteiger partial charge in [0.15, 0.2) is 5.16 Å². The number of aromatic amines is 1. The van der Waals surface area contributed by atoms with E-state index < -0.39 is 0 Å². The van der Waals surface area contributed by atoms with E-state index in [2.05, 4.69) is 9.97 Å². The minimum atomic E-state index is -0.288. The Labute approximate surface area is 114 Å². The fourth-order valence-corrected chi connectivity index (χ4v) is 2.41. The van der Waals surface area contributed by atoms with Gasteiger partial charge in [-0.15, -0.1) is 0 Å². The van der Waals surface area contributed by atoms with Gasteiger partial charge in [0, 0.05) is 22.7 Å². The Morgan fingerprint density at radius 3 is 2.79 bits per heavy atom. The summed E-state index contributed by atoms with van der Waals surface area (Å²) in [6.07, 6.45) is 0. The molecule has 0 bridgehead atoms. The topological polar surface area (TPSA) is 107 Å². The zero-order chi connectivity index (χ0) is 13.8. The molecule has 0 saturated heterocycles. The predicted octanol–water partition coefficient (Wildman–Crippen LogP) is 1.48. The monoisotopic (exact) mass is 278 g/mol. The van der Waals surface area contributed by atoms with Crippen molar-refractivity contribution in [1.29, 1.82) is 0 Å². The van der Waals surface area contributed by atoms with Crippen LogP contribution >= 0.6 is 11.8 Å². The molecule has 0 atom stereocenters. The number of nitrogen functional groups attached to an aromatic ring is 2. The molecule has 1 heterocycles. The third-order valence-corrected chi connectivity index (χ3v) is 3.03. The number of benzene rings is 1. The van der Waals surface area contributed by atoms with Crippen molar-refractivity contribution in [2.45, 2.75) is 17.0 Å².